The van der Waals surface area contributed by atoms with E-state index < -0.39 is 5.41 Å². The van der Waals surface area contributed by atoms with Gasteiger partial charge in [0.2, 0.25) is 17.7 Å². The van der Waals surface area contributed by atoms with Crippen molar-refractivity contribution in [2.45, 2.75) is 52.5 Å². The molecule has 3 aliphatic heterocycles. The first-order valence-electron chi connectivity index (χ1n) is 13.5. The van der Waals surface area contributed by atoms with E-state index in [2.05, 4.69) is 21.2 Å². The molecular formula is C28H42ClN5O3. The number of rotatable bonds is 6. The Morgan fingerprint density at radius 2 is 1.78 bits per heavy atom. The molecule has 8 nitrogen and oxygen atoms in total. The molecule has 3 saturated heterocycles. The molecule has 9 heteroatoms. The van der Waals surface area contributed by atoms with Gasteiger partial charge in [0.15, 0.2) is 0 Å². The number of piperazine rings is 1. The molecule has 1 N–H and O–H groups in total. The minimum Gasteiger partial charge on any atom is -0.369 e. The number of hydrogen-bond acceptors (Lipinski definition) is 5. The van der Waals surface area contributed by atoms with Crippen molar-refractivity contribution < 1.29 is 14.4 Å². The van der Waals surface area contributed by atoms with Crippen molar-refractivity contribution in [1.82, 2.24) is 20.0 Å². The lowest BCUT2D eigenvalue weighted by atomic mass is 9.75. The van der Waals surface area contributed by atoms with Crippen molar-refractivity contribution in [2.75, 3.05) is 64.3 Å². The molecule has 1 aromatic rings. The van der Waals surface area contributed by atoms with Gasteiger partial charge in [-0.2, -0.15) is 0 Å². The predicted molar refractivity (Wildman–Crippen MR) is 147 cm³/mol. The normalized spacial score (nSPS) is 22.3. The predicted octanol–water partition coefficient (Wildman–Crippen LogP) is 2.85. The summed E-state index contributed by atoms with van der Waals surface area (Å²) >= 11 is 6.15. The highest BCUT2D eigenvalue weighted by molar-refractivity contribution is 6.30. The summed E-state index contributed by atoms with van der Waals surface area (Å²) < 4.78 is 0. The molecule has 37 heavy (non-hydrogen) atoms. The van der Waals surface area contributed by atoms with Crippen LogP contribution in [0.3, 0.4) is 0 Å². The Labute approximate surface area is 226 Å². The fraction of sp³-hybridized carbons (Fsp3) is 0.679. The summed E-state index contributed by atoms with van der Waals surface area (Å²) in [5.74, 6) is 0.0652. The number of amides is 3. The number of likely N-dealkylation sites (tertiary alicyclic amines) is 1. The number of carbonyl (C=O) groups is 3. The number of nitrogens with one attached hydrogen (secondary N) is 1. The van der Waals surface area contributed by atoms with E-state index in [-0.39, 0.29) is 35.7 Å². The molecule has 0 saturated carbocycles. The summed E-state index contributed by atoms with van der Waals surface area (Å²) in [6, 6.07) is 8.22. The number of halogens is 1. The average molecular weight is 532 g/mol. The quantitative estimate of drug-likeness (QED) is 0.611. The first-order valence-corrected chi connectivity index (χ1v) is 13.9. The Bertz CT molecular complexity index is 994. The number of nitrogens with zero attached hydrogens (tertiary/aromatic N) is 4. The first-order chi connectivity index (χ1) is 17.5. The second kappa shape index (κ2) is 11.2. The number of anilines is 1. The van der Waals surface area contributed by atoms with Gasteiger partial charge in [-0.1, -0.05) is 38.4 Å². The molecule has 0 unspecified atom stereocenters. The van der Waals surface area contributed by atoms with E-state index in [4.69, 9.17) is 11.6 Å². The van der Waals surface area contributed by atoms with Crippen LogP contribution >= 0.6 is 11.6 Å². The van der Waals surface area contributed by atoms with Gasteiger partial charge in [0.25, 0.3) is 0 Å². The topological polar surface area (TPSA) is 76.2 Å². The van der Waals surface area contributed by atoms with Crippen molar-refractivity contribution in [3.05, 3.63) is 29.3 Å². The van der Waals surface area contributed by atoms with E-state index >= 15 is 0 Å². The average Bonchev–Trinajstić information content (AvgIpc) is 3.16. The fourth-order valence-electron chi connectivity index (χ4n) is 5.93. The lowest BCUT2D eigenvalue weighted by Gasteiger charge is -2.38. The minimum atomic E-state index is -0.512. The van der Waals surface area contributed by atoms with Crippen molar-refractivity contribution in [3.63, 3.8) is 0 Å². The number of benzene rings is 1. The monoisotopic (exact) mass is 531 g/mol. The first kappa shape index (κ1) is 27.7. The fourth-order valence-corrected chi connectivity index (χ4v) is 6.12. The highest BCUT2D eigenvalue weighted by Gasteiger charge is 2.48. The Balaban J connectivity index is 1.20. The molecule has 0 radical (unpaired) electrons. The maximum atomic E-state index is 13.0. The molecule has 0 bridgehead atoms. The Morgan fingerprint density at radius 1 is 1.11 bits per heavy atom. The molecule has 3 fully saturated rings. The summed E-state index contributed by atoms with van der Waals surface area (Å²) in [5, 5.41) is 4.02. The van der Waals surface area contributed by atoms with Gasteiger partial charge in [-0.05, 0) is 43.9 Å². The van der Waals surface area contributed by atoms with Gasteiger partial charge in [0.05, 0.1) is 12.0 Å². The number of carbonyl (C=O) groups excluding carboxylic acids is 3. The Morgan fingerprint density at radius 3 is 2.41 bits per heavy atom. The summed E-state index contributed by atoms with van der Waals surface area (Å²) in [5.41, 5.74) is 0.302. The lowest BCUT2D eigenvalue weighted by Crippen LogP contribution is -2.50. The van der Waals surface area contributed by atoms with Crippen molar-refractivity contribution in [2.24, 2.45) is 10.8 Å². The molecule has 4 rings (SSSR count). The number of hydrogen-bond donors (Lipinski definition) is 1. The van der Waals surface area contributed by atoms with Gasteiger partial charge in [-0.25, -0.2) is 0 Å². The smallest absolute Gasteiger partial charge is 0.242 e. The molecule has 1 aromatic carbocycles. The maximum absolute atomic E-state index is 13.0. The zero-order valence-corrected chi connectivity index (χ0v) is 23.5. The molecule has 204 valence electrons. The lowest BCUT2D eigenvalue weighted by molar-refractivity contribution is -0.145. The molecule has 1 atom stereocenters. The highest BCUT2D eigenvalue weighted by Crippen LogP contribution is 2.41. The van der Waals surface area contributed by atoms with Gasteiger partial charge in [-0.15, -0.1) is 0 Å². The van der Waals surface area contributed by atoms with Gasteiger partial charge in [0, 0.05) is 75.0 Å². The van der Waals surface area contributed by atoms with Crippen LogP contribution in [0, 0.1) is 10.8 Å². The summed E-state index contributed by atoms with van der Waals surface area (Å²) in [6.45, 7) is 11.7. The number of piperidine rings is 1. The van der Waals surface area contributed by atoms with Crippen LogP contribution in [0.25, 0.3) is 0 Å². The molecule has 3 heterocycles. The molecule has 0 aromatic heterocycles. The van der Waals surface area contributed by atoms with E-state index in [1.807, 2.05) is 43.9 Å². The van der Waals surface area contributed by atoms with Crippen LogP contribution in [0.2, 0.25) is 5.02 Å². The van der Waals surface area contributed by atoms with Crippen LogP contribution in [0.5, 0.6) is 0 Å². The molecule has 0 aliphatic carbocycles. The van der Waals surface area contributed by atoms with Crippen LogP contribution in [0.4, 0.5) is 5.69 Å². The van der Waals surface area contributed by atoms with Crippen molar-refractivity contribution in [1.29, 1.82) is 0 Å². The van der Waals surface area contributed by atoms with Crippen LogP contribution in [-0.2, 0) is 14.4 Å². The zero-order valence-electron chi connectivity index (χ0n) is 22.8. The molecular weight excluding hydrogens is 490 g/mol. The van der Waals surface area contributed by atoms with Gasteiger partial charge in [-0.3, -0.25) is 19.3 Å². The third-order valence-electron chi connectivity index (χ3n) is 8.23. The Kier molecular flexibility index (Phi) is 8.38. The second-order valence-corrected chi connectivity index (χ2v) is 12.5. The van der Waals surface area contributed by atoms with E-state index in [9.17, 15) is 14.4 Å². The van der Waals surface area contributed by atoms with E-state index in [0.717, 1.165) is 50.6 Å². The van der Waals surface area contributed by atoms with Gasteiger partial charge < -0.3 is 20.0 Å². The third-order valence-corrected chi connectivity index (χ3v) is 8.46. The zero-order chi connectivity index (χ0) is 26.8. The van der Waals surface area contributed by atoms with Crippen LogP contribution in [-0.4, -0.2) is 97.9 Å². The molecule has 3 aliphatic rings. The van der Waals surface area contributed by atoms with Crippen LogP contribution in [0.1, 0.15) is 46.5 Å². The van der Waals surface area contributed by atoms with Gasteiger partial charge >= 0.3 is 0 Å². The third kappa shape index (κ3) is 6.58. The van der Waals surface area contributed by atoms with Crippen molar-refractivity contribution in [3.8, 4) is 0 Å². The van der Waals surface area contributed by atoms with E-state index in [0.29, 0.717) is 25.9 Å². The SMILES string of the molecule is CN(CC(=O)N1CCC2(CC1)C[C@H](CCN1CCN(c3cccc(Cl)c3)CC1)NC2=O)C(=O)C(C)(C)C. The Hall–Kier alpha value is -2.32. The summed E-state index contributed by atoms with van der Waals surface area (Å²) in [6.07, 6.45) is 3.18. The largest absolute Gasteiger partial charge is 0.369 e. The van der Waals surface area contributed by atoms with Crippen molar-refractivity contribution >= 4 is 35.0 Å². The minimum absolute atomic E-state index is 0.0400. The van der Waals surface area contributed by atoms with Crippen LogP contribution in [0.15, 0.2) is 24.3 Å². The van der Waals surface area contributed by atoms with Gasteiger partial charge in [0.1, 0.15) is 0 Å². The summed E-state index contributed by atoms with van der Waals surface area (Å²) in [4.78, 5) is 46.4. The maximum Gasteiger partial charge on any atom is 0.242 e. The number of likely N-dealkylation sites (N-methyl/N-ethyl adjacent to an activating group) is 1. The highest BCUT2D eigenvalue weighted by atomic mass is 35.5. The van der Waals surface area contributed by atoms with Crippen LogP contribution < -0.4 is 10.2 Å². The summed E-state index contributed by atoms with van der Waals surface area (Å²) in [7, 11) is 1.68. The molecule has 3 amide bonds. The van der Waals surface area contributed by atoms with E-state index in [1.54, 1.807) is 7.05 Å². The second-order valence-electron chi connectivity index (χ2n) is 12.0. The molecule has 1 spiro atoms. The standard InChI is InChI=1S/C28H42ClN5O3/c1-27(2,3)26(37)31(4)20-24(35)34-12-9-28(10-13-34)19-22(30-25(28)36)8-11-32-14-16-33(17-15-32)23-7-5-6-21(29)18-23/h5-7,18,22H,8-17,19-20H2,1-4H3,(H,30,36)/t22-/m0/s1. The van der Waals surface area contributed by atoms with E-state index in [1.165, 1.54) is 10.6 Å².